The molecule has 0 aliphatic rings. The Hall–Kier alpha value is -4.66. The van der Waals surface area contributed by atoms with Crippen LogP contribution in [0.4, 0.5) is 21.9 Å². The zero-order chi connectivity index (χ0) is 24.5. The maximum Gasteiger partial charge on any atom is 0.336 e. The van der Waals surface area contributed by atoms with E-state index in [1.54, 1.807) is 66.7 Å². The molecule has 3 aromatic carbocycles. The summed E-state index contributed by atoms with van der Waals surface area (Å²) in [5.41, 5.74) is 2.06. The molecule has 0 aliphatic carbocycles. The van der Waals surface area contributed by atoms with Gasteiger partial charge in [0.15, 0.2) is 0 Å². The maximum atomic E-state index is 13.1. The number of urea groups is 1. The Balaban J connectivity index is 1.78. The molecule has 0 saturated carbocycles. The number of para-hydroxylation sites is 2. The van der Waals surface area contributed by atoms with E-state index >= 15 is 0 Å². The van der Waals surface area contributed by atoms with Crippen molar-refractivity contribution < 1.29 is 24.3 Å². The highest BCUT2D eigenvalue weighted by atomic mass is 16.4. The molecular formula is C25H24N4O5. The van der Waals surface area contributed by atoms with E-state index in [1.807, 2.05) is 13.0 Å². The molecule has 0 bridgehead atoms. The number of benzene rings is 3. The average Bonchev–Trinajstić information content (AvgIpc) is 2.81. The highest BCUT2D eigenvalue weighted by Gasteiger charge is 2.37. The van der Waals surface area contributed by atoms with Gasteiger partial charge in [0.25, 0.3) is 5.91 Å². The third kappa shape index (κ3) is 6.42. The Kier molecular flexibility index (Phi) is 7.96. The Morgan fingerprint density at radius 3 is 2.06 bits per heavy atom. The van der Waals surface area contributed by atoms with E-state index < -0.39 is 36.4 Å². The van der Waals surface area contributed by atoms with E-state index in [0.717, 1.165) is 10.5 Å². The number of carbonyl (C=O) groups is 4. The first kappa shape index (κ1) is 24.0. The highest BCUT2D eigenvalue weighted by molar-refractivity contribution is 6.16. The van der Waals surface area contributed by atoms with Crippen LogP contribution in [0.25, 0.3) is 0 Å². The molecule has 174 valence electrons. The van der Waals surface area contributed by atoms with Gasteiger partial charge in [-0.1, -0.05) is 48.5 Å². The Bertz CT molecular complexity index is 1170. The molecule has 9 nitrogen and oxygen atoms in total. The fourth-order valence-electron chi connectivity index (χ4n) is 3.24. The van der Waals surface area contributed by atoms with Crippen LogP contribution in [0.2, 0.25) is 0 Å². The number of aliphatic carboxylic acids is 1. The quantitative estimate of drug-likeness (QED) is 0.384. The van der Waals surface area contributed by atoms with Crippen molar-refractivity contribution in [2.45, 2.75) is 13.0 Å². The van der Waals surface area contributed by atoms with E-state index in [0.29, 0.717) is 11.4 Å². The average molecular weight is 460 g/mol. The number of aryl methyl sites for hydroxylation is 1. The largest absolute Gasteiger partial charge is 0.479 e. The predicted molar refractivity (Wildman–Crippen MR) is 129 cm³/mol. The SMILES string of the molecule is Cc1cccc(NC(=O)NCC(=O)N(c2ccccc2)[C@H](C(=O)O)C(=O)Nc2ccccc2)c1. The van der Waals surface area contributed by atoms with Crippen molar-refractivity contribution in [2.24, 2.45) is 0 Å². The topological polar surface area (TPSA) is 128 Å². The summed E-state index contributed by atoms with van der Waals surface area (Å²) in [6.45, 7) is 1.34. The van der Waals surface area contributed by atoms with Crippen LogP contribution in [-0.2, 0) is 14.4 Å². The van der Waals surface area contributed by atoms with Gasteiger partial charge in [0.05, 0.1) is 6.54 Å². The lowest BCUT2D eigenvalue weighted by Gasteiger charge is -2.28. The highest BCUT2D eigenvalue weighted by Crippen LogP contribution is 2.19. The second-order valence-electron chi connectivity index (χ2n) is 7.37. The van der Waals surface area contributed by atoms with E-state index in [9.17, 15) is 24.3 Å². The van der Waals surface area contributed by atoms with Gasteiger partial charge in [-0.3, -0.25) is 14.5 Å². The van der Waals surface area contributed by atoms with Crippen molar-refractivity contribution in [1.29, 1.82) is 0 Å². The van der Waals surface area contributed by atoms with E-state index in [-0.39, 0.29) is 5.69 Å². The van der Waals surface area contributed by atoms with Crippen LogP contribution in [0, 0.1) is 6.92 Å². The zero-order valence-electron chi connectivity index (χ0n) is 18.4. The Labute approximate surface area is 196 Å². The van der Waals surface area contributed by atoms with Crippen molar-refractivity contribution in [2.75, 3.05) is 22.1 Å². The molecule has 0 aromatic heterocycles. The summed E-state index contributed by atoms with van der Waals surface area (Å²) in [6, 6.07) is 20.8. The van der Waals surface area contributed by atoms with Gasteiger partial charge in [-0.05, 0) is 48.9 Å². The molecule has 0 heterocycles. The molecular weight excluding hydrogens is 436 g/mol. The summed E-state index contributed by atoms with van der Waals surface area (Å²) >= 11 is 0. The number of hydrogen-bond acceptors (Lipinski definition) is 4. The minimum Gasteiger partial charge on any atom is -0.479 e. The number of anilines is 3. The first-order chi connectivity index (χ1) is 16.3. The third-order valence-electron chi connectivity index (χ3n) is 4.76. The number of rotatable bonds is 8. The van der Waals surface area contributed by atoms with Crippen molar-refractivity contribution in [3.63, 3.8) is 0 Å². The van der Waals surface area contributed by atoms with E-state index in [2.05, 4.69) is 16.0 Å². The molecule has 0 saturated heterocycles. The molecule has 0 fully saturated rings. The second kappa shape index (κ2) is 11.3. The van der Waals surface area contributed by atoms with Gasteiger partial charge < -0.3 is 21.1 Å². The van der Waals surface area contributed by atoms with E-state index in [1.165, 1.54) is 12.1 Å². The summed E-state index contributed by atoms with van der Waals surface area (Å²) < 4.78 is 0. The van der Waals surface area contributed by atoms with Crippen LogP contribution in [0.5, 0.6) is 0 Å². The Morgan fingerprint density at radius 1 is 0.824 bits per heavy atom. The minimum absolute atomic E-state index is 0.198. The van der Waals surface area contributed by atoms with Crippen molar-refractivity contribution in [3.8, 4) is 0 Å². The van der Waals surface area contributed by atoms with Crippen LogP contribution in [0.1, 0.15) is 5.56 Å². The number of nitrogens with zero attached hydrogens (tertiary/aromatic N) is 1. The maximum absolute atomic E-state index is 13.1. The summed E-state index contributed by atoms with van der Waals surface area (Å²) in [5.74, 6) is -3.20. The summed E-state index contributed by atoms with van der Waals surface area (Å²) in [4.78, 5) is 51.2. The van der Waals surface area contributed by atoms with Gasteiger partial charge >= 0.3 is 12.0 Å². The Morgan fingerprint density at radius 2 is 1.44 bits per heavy atom. The van der Waals surface area contributed by atoms with Crippen LogP contribution >= 0.6 is 0 Å². The first-order valence-electron chi connectivity index (χ1n) is 10.4. The molecule has 0 aliphatic heterocycles. The second-order valence-corrected chi connectivity index (χ2v) is 7.37. The lowest BCUT2D eigenvalue weighted by atomic mass is 10.1. The number of carboxylic acids is 1. The third-order valence-corrected chi connectivity index (χ3v) is 4.76. The number of hydrogen-bond donors (Lipinski definition) is 4. The lowest BCUT2D eigenvalue weighted by Crippen LogP contribution is -2.55. The van der Waals surface area contributed by atoms with Crippen LogP contribution in [0.15, 0.2) is 84.9 Å². The molecule has 4 N–H and O–H groups in total. The van der Waals surface area contributed by atoms with Gasteiger partial charge in [-0.15, -0.1) is 0 Å². The molecule has 3 rings (SSSR count). The number of carbonyl (C=O) groups excluding carboxylic acids is 3. The number of nitrogens with one attached hydrogen (secondary N) is 3. The molecule has 0 spiro atoms. The monoisotopic (exact) mass is 460 g/mol. The summed E-state index contributed by atoms with van der Waals surface area (Å²) in [7, 11) is 0. The molecule has 0 unspecified atom stereocenters. The molecule has 4 amide bonds. The van der Waals surface area contributed by atoms with Gasteiger partial charge in [0.1, 0.15) is 0 Å². The van der Waals surface area contributed by atoms with Crippen molar-refractivity contribution in [1.82, 2.24) is 5.32 Å². The molecule has 34 heavy (non-hydrogen) atoms. The smallest absolute Gasteiger partial charge is 0.336 e. The predicted octanol–water partition coefficient (Wildman–Crippen LogP) is 3.24. The first-order valence-corrected chi connectivity index (χ1v) is 10.4. The van der Waals surface area contributed by atoms with E-state index in [4.69, 9.17) is 0 Å². The molecule has 9 heteroatoms. The van der Waals surface area contributed by atoms with Crippen molar-refractivity contribution >= 4 is 40.9 Å². The number of amides is 4. The van der Waals surface area contributed by atoms with Crippen LogP contribution in [0.3, 0.4) is 0 Å². The van der Waals surface area contributed by atoms with Gasteiger partial charge in [0, 0.05) is 17.1 Å². The minimum atomic E-state index is -1.86. The van der Waals surface area contributed by atoms with Gasteiger partial charge in [-0.2, -0.15) is 0 Å². The fourth-order valence-corrected chi connectivity index (χ4v) is 3.24. The fraction of sp³-hybridized carbons (Fsp3) is 0.120. The summed E-state index contributed by atoms with van der Waals surface area (Å²) in [5, 5.41) is 17.4. The van der Waals surface area contributed by atoms with Gasteiger partial charge in [0.2, 0.25) is 11.9 Å². The van der Waals surface area contributed by atoms with Crippen LogP contribution in [-0.4, -0.2) is 41.5 Å². The normalized spacial score (nSPS) is 11.1. The molecule has 1 atom stereocenters. The lowest BCUT2D eigenvalue weighted by molar-refractivity contribution is -0.143. The number of carboxylic acid groups (broad SMARTS) is 1. The zero-order valence-corrected chi connectivity index (χ0v) is 18.4. The van der Waals surface area contributed by atoms with Crippen LogP contribution < -0.4 is 20.9 Å². The standard InChI is InChI=1S/C25H24N4O5/c1-17-9-8-12-19(15-17)28-25(34)26-16-21(30)29(20-13-6-3-7-14-20)22(24(32)33)23(31)27-18-10-4-2-5-11-18/h2-15,22H,16H2,1H3,(H,27,31)(H,32,33)(H2,26,28,34)/t22-/m0/s1. The summed E-state index contributed by atoms with van der Waals surface area (Å²) in [6.07, 6.45) is 0. The molecule has 3 aromatic rings. The van der Waals surface area contributed by atoms with Gasteiger partial charge in [-0.25, -0.2) is 9.59 Å². The van der Waals surface area contributed by atoms with Crippen molar-refractivity contribution in [3.05, 3.63) is 90.5 Å². The molecule has 0 radical (unpaired) electrons.